The summed E-state index contributed by atoms with van der Waals surface area (Å²) >= 11 is 0. The quantitative estimate of drug-likeness (QED) is 0.368. The number of rotatable bonds is 6. The van der Waals surface area contributed by atoms with Crippen LogP contribution in [0.2, 0.25) is 0 Å². The molecule has 0 aliphatic rings. The highest BCUT2D eigenvalue weighted by Gasteiger charge is 2.36. The molecule has 0 unspecified atom stereocenters. The average molecular weight is 505 g/mol. The molecule has 192 valence electrons. The zero-order chi connectivity index (χ0) is 26.5. The van der Waals surface area contributed by atoms with Gasteiger partial charge in [-0.3, -0.25) is 0 Å². The molecule has 0 bridgehead atoms. The summed E-state index contributed by atoms with van der Waals surface area (Å²) in [6.45, 7) is 25.5. The van der Waals surface area contributed by atoms with E-state index < -0.39 is 14.3 Å². The fraction of sp³-hybridized carbons (Fsp3) is 0.600. The van der Waals surface area contributed by atoms with Crippen LogP contribution in [-0.2, 0) is 20.0 Å². The molecule has 0 aliphatic carbocycles. The first-order valence-corrected chi connectivity index (χ1v) is 16.8. The number of hydrogen-bond donors (Lipinski definition) is 0. The van der Waals surface area contributed by atoms with Gasteiger partial charge in [-0.25, -0.2) is 0 Å². The molecule has 0 fully saturated rings. The zero-order valence-corrected chi connectivity index (χ0v) is 25.7. The second kappa shape index (κ2) is 11.8. The molecule has 0 heterocycles. The fourth-order valence-corrected chi connectivity index (χ4v) is 10.3. The van der Waals surface area contributed by atoms with E-state index in [0.29, 0.717) is 0 Å². The van der Waals surface area contributed by atoms with Crippen LogP contribution in [0.5, 0.6) is 0 Å². The van der Waals surface area contributed by atoms with E-state index in [4.69, 9.17) is 0 Å². The summed E-state index contributed by atoms with van der Waals surface area (Å²) in [7, 11) is -4.52. The van der Waals surface area contributed by atoms with E-state index in [1.165, 1.54) is 11.1 Å². The Hall–Kier alpha value is -1.10. The van der Waals surface area contributed by atoms with Crippen LogP contribution in [0.3, 0.4) is 0 Å². The summed E-state index contributed by atoms with van der Waals surface area (Å²) < 4.78 is 26.3. The van der Waals surface area contributed by atoms with Crippen LogP contribution in [0, 0.1) is 0 Å². The Bertz CT molecular complexity index is 1000. The van der Waals surface area contributed by atoms with Gasteiger partial charge in [-0.2, -0.15) is 0 Å². The van der Waals surface area contributed by atoms with Gasteiger partial charge < -0.3 is 9.13 Å². The van der Waals surface area contributed by atoms with Crippen LogP contribution in [0.25, 0.3) is 0 Å². The maximum absolute atomic E-state index is 13.5. The van der Waals surface area contributed by atoms with Crippen molar-refractivity contribution in [1.82, 2.24) is 0 Å². The molecule has 0 saturated carbocycles. The Balaban J connectivity index is 0.000000342. The number of hydrogen-bond acceptors (Lipinski definition) is 2. The Kier molecular flexibility index (Phi) is 10.7. The van der Waals surface area contributed by atoms with E-state index in [1.807, 2.05) is 38.1 Å². The summed E-state index contributed by atoms with van der Waals surface area (Å²) in [4.78, 5) is 0. The number of benzene rings is 2. The maximum Gasteiger partial charge on any atom is 0.120 e. The summed E-state index contributed by atoms with van der Waals surface area (Å²) in [5.41, 5.74) is 2.96. The molecule has 0 aliphatic heterocycles. The summed E-state index contributed by atoms with van der Waals surface area (Å²) in [6.07, 6.45) is 1.52. The molecule has 0 spiro atoms. The molecule has 2 rings (SSSR count). The molecular weight excluding hydrogens is 454 g/mol. The van der Waals surface area contributed by atoms with Crippen LogP contribution in [0.4, 0.5) is 0 Å². The highest BCUT2D eigenvalue weighted by Crippen LogP contribution is 2.55. The van der Waals surface area contributed by atoms with E-state index in [-0.39, 0.29) is 22.1 Å². The third kappa shape index (κ3) is 6.98. The van der Waals surface area contributed by atoms with E-state index >= 15 is 0 Å². The van der Waals surface area contributed by atoms with Crippen molar-refractivity contribution < 1.29 is 9.13 Å². The van der Waals surface area contributed by atoms with E-state index in [2.05, 4.69) is 93.5 Å². The van der Waals surface area contributed by atoms with Crippen LogP contribution < -0.4 is 10.6 Å². The Labute approximate surface area is 211 Å². The van der Waals surface area contributed by atoms with Crippen molar-refractivity contribution in [1.29, 1.82) is 0 Å². The minimum atomic E-state index is -2.35. The largest absolute Gasteiger partial charge is 0.319 e. The first-order chi connectivity index (χ1) is 15.5. The lowest BCUT2D eigenvalue weighted by Crippen LogP contribution is -2.28. The molecule has 4 heteroatoms. The van der Waals surface area contributed by atoms with Gasteiger partial charge >= 0.3 is 0 Å². The Morgan fingerprint density at radius 3 is 1.26 bits per heavy atom. The SMILES string of the molecule is CC(C)P(=O)(c1ccccc1C(C)(C)C)C(C)C.CCP(=O)(CC)c1ccccc1C(C)(C)C. The lowest BCUT2D eigenvalue weighted by Gasteiger charge is -2.32. The van der Waals surface area contributed by atoms with Crippen LogP contribution in [0.15, 0.2) is 48.5 Å². The van der Waals surface area contributed by atoms with Gasteiger partial charge in [0.1, 0.15) is 14.3 Å². The van der Waals surface area contributed by atoms with Crippen LogP contribution in [-0.4, -0.2) is 23.6 Å². The average Bonchev–Trinajstić information content (AvgIpc) is 2.77. The smallest absolute Gasteiger partial charge is 0.120 e. The first kappa shape index (κ1) is 30.9. The van der Waals surface area contributed by atoms with Crippen molar-refractivity contribution in [2.75, 3.05) is 12.3 Å². The molecule has 2 nitrogen and oxygen atoms in total. The Morgan fingerprint density at radius 1 is 0.618 bits per heavy atom. The second-order valence-electron chi connectivity index (χ2n) is 12.0. The van der Waals surface area contributed by atoms with E-state index in [0.717, 1.165) is 22.9 Å². The third-order valence-corrected chi connectivity index (χ3v) is 14.3. The van der Waals surface area contributed by atoms with Gasteiger partial charge in [0.25, 0.3) is 0 Å². The predicted molar refractivity (Wildman–Crippen MR) is 156 cm³/mol. The molecule has 0 N–H and O–H groups in total. The second-order valence-corrected chi connectivity index (χ2v) is 19.4. The van der Waals surface area contributed by atoms with Crippen molar-refractivity contribution in [3.05, 3.63) is 59.7 Å². The van der Waals surface area contributed by atoms with Crippen molar-refractivity contribution >= 4 is 24.9 Å². The van der Waals surface area contributed by atoms with Gasteiger partial charge in [0.05, 0.1) is 0 Å². The molecule has 0 aromatic heterocycles. The molecule has 2 aromatic rings. The monoisotopic (exact) mass is 504 g/mol. The van der Waals surface area contributed by atoms with Gasteiger partial charge in [0.2, 0.25) is 0 Å². The minimum Gasteiger partial charge on any atom is -0.319 e. The predicted octanol–water partition coefficient (Wildman–Crippen LogP) is 8.80. The normalized spacial score (nSPS) is 13.1. The molecule has 34 heavy (non-hydrogen) atoms. The van der Waals surface area contributed by atoms with Gasteiger partial charge in [-0.05, 0) is 22.0 Å². The zero-order valence-electron chi connectivity index (χ0n) is 23.9. The topological polar surface area (TPSA) is 34.1 Å². The maximum atomic E-state index is 13.5. The molecule has 0 saturated heterocycles. The molecular formula is C30H50O2P2. The first-order valence-electron chi connectivity index (χ1n) is 12.8. The fourth-order valence-electron chi connectivity index (χ4n) is 4.59. The van der Waals surface area contributed by atoms with Gasteiger partial charge in [0.15, 0.2) is 0 Å². The van der Waals surface area contributed by atoms with Gasteiger partial charge in [-0.1, -0.05) is 132 Å². The highest BCUT2D eigenvalue weighted by molar-refractivity contribution is 7.73. The van der Waals surface area contributed by atoms with Crippen molar-refractivity contribution in [2.45, 2.75) is 105 Å². The van der Waals surface area contributed by atoms with Crippen molar-refractivity contribution in [2.24, 2.45) is 0 Å². The van der Waals surface area contributed by atoms with Gasteiger partial charge in [-0.15, -0.1) is 0 Å². The minimum absolute atomic E-state index is 0.0377. The van der Waals surface area contributed by atoms with E-state index in [1.54, 1.807) is 0 Å². The highest BCUT2D eigenvalue weighted by atomic mass is 31.2. The molecule has 2 aromatic carbocycles. The van der Waals surface area contributed by atoms with Gasteiger partial charge in [0, 0.05) is 34.3 Å². The lowest BCUT2D eigenvalue weighted by atomic mass is 9.87. The van der Waals surface area contributed by atoms with Crippen molar-refractivity contribution in [3.63, 3.8) is 0 Å². The Morgan fingerprint density at radius 2 is 0.941 bits per heavy atom. The lowest BCUT2D eigenvalue weighted by molar-refractivity contribution is 0.564. The molecule has 0 amide bonds. The summed E-state index contributed by atoms with van der Waals surface area (Å²) in [5.74, 6) is 0. The summed E-state index contributed by atoms with van der Waals surface area (Å²) in [5, 5.41) is 2.18. The third-order valence-electron chi connectivity index (χ3n) is 6.80. The van der Waals surface area contributed by atoms with Crippen LogP contribution >= 0.6 is 14.3 Å². The van der Waals surface area contributed by atoms with E-state index in [9.17, 15) is 9.13 Å². The molecule has 0 radical (unpaired) electrons. The van der Waals surface area contributed by atoms with Crippen LogP contribution in [0.1, 0.15) is 94.2 Å². The standard InChI is InChI=1S/C16H27OP.C14H23OP/c1-12(2)18(17,13(3)4)15-11-9-8-10-14(15)16(5,6)7;1-6-16(15,7-2)13-11-9-8-10-12(13)14(3,4)5/h8-13H,1-7H3;8-11H,6-7H2,1-5H3. The molecule has 0 atom stereocenters. The van der Waals surface area contributed by atoms with Crippen molar-refractivity contribution in [3.8, 4) is 0 Å². The summed E-state index contributed by atoms with van der Waals surface area (Å²) in [6, 6.07) is 16.5.